The number of methoxy groups -OCH3 is 1. The fraction of sp³-hybridized carbons (Fsp3) is 0.438. The van der Waals surface area contributed by atoms with Crippen LogP contribution in [0.25, 0.3) is 5.95 Å². The summed E-state index contributed by atoms with van der Waals surface area (Å²) in [6, 6.07) is 1.57. The minimum absolute atomic E-state index is 0.160. The Bertz CT molecular complexity index is 870. The van der Waals surface area contributed by atoms with Gasteiger partial charge in [0.25, 0.3) is 5.56 Å². The zero-order valence-electron chi connectivity index (χ0n) is 15.2. The standard InChI is InChI=1S/C16H22N6O4/c1-5-11-10(3)18-16(20-13(11)23)22-12(8-9(2)21-22)19-15(25)14(24)17-6-7-26-4/h8H,5-7H2,1-4H3,(H,17,24)(H,19,25)(H,18,20,23). The van der Waals surface area contributed by atoms with Crippen LogP contribution in [0.1, 0.15) is 23.9 Å². The molecule has 140 valence electrons. The van der Waals surface area contributed by atoms with Crippen molar-refractivity contribution in [1.82, 2.24) is 25.1 Å². The van der Waals surface area contributed by atoms with Crippen LogP contribution in [0.3, 0.4) is 0 Å². The van der Waals surface area contributed by atoms with Gasteiger partial charge in [-0.3, -0.25) is 19.4 Å². The number of aromatic amines is 1. The molecule has 26 heavy (non-hydrogen) atoms. The monoisotopic (exact) mass is 362 g/mol. The van der Waals surface area contributed by atoms with Crippen molar-refractivity contribution < 1.29 is 14.3 Å². The normalized spacial score (nSPS) is 10.6. The Labute approximate surface area is 150 Å². The topological polar surface area (TPSA) is 131 Å². The van der Waals surface area contributed by atoms with Crippen LogP contribution in [0.2, 0.25) is 0 Å². The Balaban J connectivity index is 2.27. The molecule has 2 aromatic heterocycles. The number of amides is 2. The first kappa shape index (κ1) is 19.3. The van der Waals surface area contributed by atoms with Crippen LogP contribution in [0.15, 0.2) is 10.9 Å². The number of aryl methyl sites for hydroxylation is 2. The number of ether oxygens (including phenoxy) is 1. The molecule has 0 aliphatic carbocycles. The van der Waals surface area contributed by atoms with E-state index in [2.05, 4.69) is 25.7 Å². The largest absolute Gasteiger partial charge is 0.383 e. The van der Waals surface area contributed by atoms with E-state index in [-0.39, 0.29) is 23.9 Å². The molecular weight excluding hydrogens is 340 g/mol. The molecule has 2 aromatic rings. The van der Waals surface area contributed by atoms with Gasteiger partial charge in [0.15, 0.2) is 0 Å². The minimum atomic E-state index is -0.855. The summed E-state index contributed by atoms with van der Waals surface area (Å²) in [6.45, 7) is 5.83. The van der Waals surface area contributed by atoms with Crippen LogP contribution in [-0.4, -0.2) is 51.8 Å². The zero-order valence-corrected chi connectivity index (χ0v) is 15.2. The fourth-order valence-corrected chi connectivity index (χ4v) is 2.38. The summed E-state index contributed by atoms with van der Waals surface area (Å²) in [5.74, 6) is -1.27. The average molecular weight is 362 g/mol. The second kappa shape index (κ2) is 8.39. The molecule has 0 radical (unpaired) electrons. The van der Waals surface area contributed by atoms with Gasteiger partial charge in [-0.15, -0.1) is 0 Å². The van der Waals surface area contributed by atoms with Crippen molar-refractivity contribution in [3.63, 3.8) is 0 Å². The molecule has 2 heterocycles. The van der Waals surface area contributed by atoms with Crippen molar-refractivity contribution in [2.24, 2.45) is 0 Å². The molecule has 10 nitrogen and oxygen atoms in total. The third kappa shape index (κ3) is 4.33. The zero-order chi connectivity index (χ0) is 19.3. The van der Waals surface area contributed by atoms with E-state index in [1.165, 1.54) is 11.8 Å². The molecular formula is C16H22N6O4. The van der Waals surface area contributed by atoms with E-state index >= 15 is 0 Å². The molecule has 0 aliphatic rings. The number of nitrogens with one attached hydrogen (secondary N) is 3. The second-order valence-electron chi connectivity index (χ2n) is 5.59. The minimum Gasteiger partial charge on any atom is -0.383 e. The van der Waals surface area contributed by atoms with Gasteiger partial charge in [-0.2, -0.15) is 9.78 Å². The first-order valence-corrected chi connectivity index (χ1v) is 8.12. The van der Waals surface area contributed by atoms with E-state index in [1.807, 2.05) is 6.92 Å². The molecule has 2 rings (SSSR count). The van der Waals surface area contributed by atoms with E-state index in [4.69, 9.17) is 4.74 Å². The van der Waals surface area contributed by atoms with Crippen molar-refractivity contribution in [2.45, 2.75) is 27.2 Å². The highest BCUT2D eigenvalue weighted by atomic mass is 16.5. The summed E-state index contributed by atoms with van der Waals surface area (Å²) in [7, 11) is 1.49. The van der Waals surface area contributed by atoms with E-state index in [0.29, 0.717) is 30.0 Å². The van der Waals surface area contributed by atoms with Gasteiger partial charge in [0.1, 0.15) is 5.82 Å². The number of anilines is 1. The number of hydrogen-bond donors (Lipinski definition) is 3. The van der Waals surface area contributed by atoms with Crippen LogP contribution in [-0.2, 0) is 20.7 Å². The first-order chi connectivity index (χ1) is 12.4. The third-order valence-electron chi connectivity index (χ3n) is 3.64. The maximum absolute atomic E-state index is 12.2. The third-order valence-corrected chi connectivity index (χ3v) is 3.64. The predicted octanol–water partition coefficient (Wildman–Crippen LogP) is -0.164. The predicted molar refractivity (Wildman–Crippen MR) is 94.3 cm³/mol. The quantitative estimate of drug-likeness (QED) is 0.483. The maximum Gasteiger partial charge on any atom is 0.314 e. The highest BCUT2D eigenvalue weighted by molar-refractivity contribution is 6.39. The van der Waals surface area contributed by atoms with Crippen molar-refractivity contribution in [3.05, 3.63) is 33.4 Å². The number of H-pyrrole nitrogens is 1. The lowest BCUT2D eigenvalue weighted by Gasteiger charge is -2.10. The summed E-state index contributed by atoms with van der Waals surface area (Å²) >= 11 is 0. The molecule has 0 unspecified atom stereocenters. The number of rotatable bonds is 6. The van der Waals surface area contributed by atoms with Crippen LogP contribution in [0, 0.1) is 13.8 Å². The summed E-state index contributed by atoms with van der Waals surface area (Å²) in [4.78, 5) is 43.0. The molecule has 0 saturated carbocycles. The van der Waals surface area contributed by atoms with Crippen molar-refractivity contribution in [3.8, 4) is 5.95 Å². The van der Waals surface area contributed by atoms with Crippen LogP contribution >= 0.6 is 0 Å². The molecule has 0 fully saturated rings. The van der Waals surface area contributed by atoms with Crippen LogP contribution < -0.4 is 16.2 Å². The Morgan fingerprint density at radius 3 is 2.65 bits per heavy atom. The first-order valence-electron chi connectivity index (χ1n) is 8.12. The van der Waals surface area contributed by atoms with Gasteiger partial charge < -0.3 is 15.4 Å². The van der Waals surface area contributed by atoms with E-state index in [1.54, 1.807) is 19.9 Å². The Kier molecular flexibility index (Phi) is 6.23. The second-order valence-corrected chi connectivity index (χ2v) is 5.59. The van der Waals surface area contributed by atoms with Gasteiger partial charge >= 0.3 is 11.8 Å². The highest BCUT2D eigenvalue weighted by Crippen LogP contribution is 2.14. The summed E-state index contributed by atoms with van der Waals surface area (Å²) in [6.07, 6.45) is 0.553. The molecule has 0 atom stereocenters. The molecule has 2 amide bonds. The van der Waals surface area contributed by atoms with Gasteiger partial charge in [-0.25, -0.2) is 4.98 Å². The Hall–Kier alpha value is -3.01. The SMILES string of the molecule is CCc1c(C)nc(-n2nc(C)cc2NC(=O)C(=O)NCCOC)[nH]c1=O. The Morgan fingerprint density at radius 2 is 2.04 bits per heavy atom. The summed E-state index contributed by atoms with van der Waals surface area (Å²) < 4.78 is 6.09. The van der Waals surface area contributed by atoms with Crippen LogP contribution in [0.4, 0.5) is 5.82 Å². The van der Waals surface area contributed by atoms with Crippen molar-refractivity contribution in [1.29, 1.82) is 0 Å². The van der Waals surface area contributed by atoms with Gasteiger partial charge in [0.05, 0.1) is 12.3 Å². The summed E-state index contributed by atoms with van der Waals surface area (Å²) in [5.41, 5.74) is 1.48. The number of carbonyl (C=O) groups is 2. The van der Waals surface area contributed by atoms with E-state index in [0.717, 1.165) is 0 Å². The lowest BCUT2D eigenvalue weighted by Crippen LogP contribution is -2.37. The van der Waals surface area contributed by atoms with E-state index < -0.39 is 11.8 Å². The smallest absolute Gasteiger partial charge is 0.314 e. The molecule has 0 bridgehead atoms. The number of hydrogen-bond acceptors (Lipinski definition) is 6. The average Bonchev–Trinajstić information content (AvgIpc) is 2.95. The lowest BCUT2D eigenvalue weighted by molar-refractivity contribution is -0.136. The summed E-state index contributed by atoms with van der Waals surface area (Å²) in [5, 5.41) is 9.12. The number of nitrogens with zero attached hydrogens (tertiary/aromatic N) is 3. The highest BCUT2D eigenvalue weighted by Gasteiger charge is 2.18. The fourth-order valence-electron chi connectivity index (χ4n) is 2.38. The maximum atomic E-state index is 12.2. The van der Waals surface area contributed by atoms with Crippen LogP contribution in [0.5, 0.6) is 0 Å². The molecule has 10 heteroatoms. The molecule has 0 saturated heterocycles. The Morgan fingerprint density at radius 1 is 1.31 bits per heavy atom. The van der Waals surface area contributed by atoms with E-state index in [9.17, 15) is 14.4 Å². The molecule has 0 aromatic carbocycles. The van der Waals surface area contributed by atoms with Crippen molar-refractivity contribution in [2.75, 3.05) is 25.6 Å². The molecule has 3 N–H and O–H groups in total. The van der Waals surface area contributed by atoms with Gasteiger partial charge in [0.2, 0.25) is 5.95 Å². The van der Waals surface area contributed by atoms with Gasteiger partial charge in [-0.1, -0.05) is 6.92 Å². The molecule has 0 aliphatic heterocycles. The molecule has 0 spiro atoms. The number of carbonyl (C=O) groups excluding carboxylic acids is 2. The van der Waals surface area contributed by atoms with Gasteiger partial charge in [0, 0.05) is 31.0 Å². The van der Waals surface area contributed by atoms with Gasteiger partial charge in [-0.05, 0) is 20.3 Å². The lowest BCUT2D eigenvalue weighted by atomic mass is 10.2. The number of aromatic nitrogens is 4. The van der Waals surface area contributed by atoms with Crippen molar-refractivity contribution >= 4 is 17.6 Å².